The number of aromatic hydroxyl groups is 1. The number of pyridine rings is 1. The highest BCUT2D eigenvalue weighted by Gasteiger charge is 2.13. The maximum Gasteiger partial charge on any atom is 0.259 e. The minimum atomic E-state index is -0.583. The first-order valence-corrected chi connectivity index (χ1v) is 5.29. The molecule has 0 fully saturated rings. The Morgan fingerprint density at radius 2 is 2.17 bits per heavy atom. The molecule has 0 bridgehead atoms. The molecule has 0 atom stereocenters. The van der Waals surface area contributed by atoms with Gasteiger partial charge in [-0.15, -0.1) is 0 Å². The molecule has 0 radical (unpaired) electrons. The van der Waals surface area contributed by atoms with E-state index in [2.05, 4.69) is 10.3 Å². The Balaban J connectivity index is 2.28. The van der Waals surface area contributed by atoms with Crippen molar-refractivity contribution in [3.63, 3.8) is 0 Å². The Kier molecular flexibility index (Phi) is 3.23. The number of carbonyl (C=O) groups excluding carboxylic acids is 1. The second-order valence-electron chi connectivity index (χ2n) is 3.75. The van der Waals surface area contributed by atoms with Crippen LogP contribution in [0.1, 0.15) is 16.1 Å². The Morgan fingerprint density at radius 3 is 2.89 bits per heavy atom. The molecule has 0 aliphatic heterocycles. The van der Waals surface area contributed by atoms with Gasteiger partial charge in [0.05, 0.1) is 16.9 Å². The fourth-order valence-electron chi connectivity index (χ4n) is 1.50. The predicted octanol–water partition coefficient (Wildman–Crippen LogP) is 2.49. The number of halogens is 1. The summed E-state index contributed by atoms with van der Waals surface area (Å²) in [5.41, 5.74) is 1.05. The van der Waals surface area contributed by atoms with E-state index in [4.69, 9.17) is 0 Å². The van der Waals surface area contributed by atoms with E-state index < -0.39 is 11.7 Å². The van der Waals surface area contributed by atoms with Crippen molar-refractivity contribution in [3.8, 4) is 5.75 Å². The quantitative estimate of drug-likeness (QED) is 0.855. The average molecular weight is 246 g/mol. The molecule has 0 unspecified atom stereocenters. The van der Waals surface area contributed by atoms with E-state index >= 15 is 0 Å². The lowest BCUT2D eigenvalue weighted by molar-refractivity contribution is 0.102. The molecule has 1 amide bonds. The lowest BCUT2D eigenvalue weighted by Crippen LogP contribution is -2.13. The van der Waals surface area contributed by atoms with Crippen LogP contribution in [0.15, 0.2) is 36.5 Å². The second kappa shape index (κ2) is 4.83. The Bertz CT molecular complexity index is 599. The summed E-state index contributed by atoms with van der Waals surface area (Å²) >= 11 is 0. The van der Waals surface area contributed by atoms with Crippen molar-refractivity contribution in [2.24, 2.45) is 0 Å². The van der Waals surface area contributed by atoms with Crippen LogP contribution >= 0.6 is 0 Å². The molecule has 2 N–H and O–H groups in total. The molecule has 2 aromatic rings. The van der Waals surface area contributed by atoms with Gasteiger partial charge in [-0.05, 0) is 37.3 Å². The van der Waals surface area contributed by atoms with Crippen LogP contribution in [0.3, 0.4) is 0 Å². The van der Waals surface area contributed by atoms with Crippen molar-refractivity contribution in [2.75, 3.05) is 5.32 Å². The Morgan fingerprint density at radius 1 is 1.39 bits per heavy atom. The fourth-order valence-corrected chi connectivity index (χ4v) is 1.50. The zero-order chi connectivity index (χ0) is 13.1. The van der Waals surface area contributed by atoms with Crippen LogP contribution in [0.2, 0.25) is 0 Å². The highest BCUT2D eigenvalue weighted by Crippen LogP contribution is 2.20. The lowest BCUT2D eigenvalue weighted by Gasteiger charge is -2.08. The first kappa shape index (κ1) is 12.0. The number of benzene rings is 1. The van der Waals surface area contributed by atoms with Gasteiger partial charge in [0.2, 0.25) is 0 Å². The third kappa shape index (κ3) is 2.45. The molecule has 1 aromatic heterocycles. The molecule has 2 rings (SSSR count). The van der Waals surface area contributed by atoms with Crippen molar-refractivity contribution in [1.82, 2.24) is 4.98 Å². The molecule has 1 aromatic carbocycles. The molecule has 4 nitrogen and oxygen atoms in total. The van der Waals surface area contributed by atoms with Gasteiger partial charge in [0.25, 0.3) is 5.91 Å². The summed E-state index contributed by atoms with van der Waals surface area (Å²) < 4.78 is 13.0. The molecule has 92 valence electrons. The van der Waals surface area contributed by atoms with Gasteiger partial charge < -0.3 is 10.4 Å². The molecule has 0 saturated heterocycles. The van der Waals surface area contributed by atoms with E-state index in [1.165, 1.54) is 0 Å². The minimum absolute atomic E-state index is 0.113. The number of phenolic OH excluding ortho intramolecular Hbond substituents is 1. The number of amides is 1. The molecule has 0 aliphatic carbocycles. The molecular formula is C13H11FN2O2. The number of aryl methyl sites for hydroxylation is 1. The zero-order valence-corrected chi connectivity index (χ0v) is 9.64. The monoisotopic (exact) mass is 246 g/mol. The zero-order valence-electron chi connectivity index (χ0n) is 9.64. The first-order valence-electron chi connectivity index (χ1n) is 5.29. The average Bonchev–Trinajstić information content (AvgIpc) is 2.35. The van der Waals surface area contributed by atoms with Gasteiger partial charge in [-0.25, -0.2) is 4.39 Å². The van der Waals surface area contributed by atoms with Crippen molar-refractivity contribution in [3.05, 3.63) is 53.6 Å². The first-order chi connectivity index (χ1) is 8.58. The van der Waals surface area contributed by atoms with E-state index in [1.807, 2.05) is 0 Å². The number of carbonyl (C=O) groups is 1. The van der Waals surface area contributed by atoms with Crippen molar-refractivity contribution in [1.29, 1.82) is 0 Å². The summed E-state index contributed by atoms with van der Waals surface area (Å²) in [6.45, 7) is 1.74. The standard InChI is InChI=1S/C13H11FN2O2/c1-8-11(3-2-6-15-8)16-13(18)10-7-9(14)4-5-12(10)17/h2-7,17H,1H3,(H,16,18). The molecule has 0 saturated carbocycles. The summed E-state index contributed by atoms with van der Waals surface area (Å²) in [6, 6.07) is 6.56. The van der Waals surface area contributed by atoms with Crippen LogP contribution in [-0.4, -0.2) is 16.0 Å². The maximum atomic E-state index is 13.0. The molecule has 5 heteroatoms. The van der Waals surface area contributed by atoms with E-state index in [9.17, 15) is 14.3 Å². The molecule has 0 aliphatic rings. The third-order valence-corrected chi connectivity index (χ3v) is 2.46. The van der Waals surface area contributed by atoms with Crippen LogP contribution in [-0.2, 0) is 0 Å². The number of nitrogens with one attached hydrogen (secondary N) is 1. The molecule has 0 spiro atoms. The van der Waals surface area contributed by atoms with Gasteiger partial charge >= 0.3 is 0 Å². The van der Waals surface area contributed by atoms with E-state index in [1.54, 1.807) is 25.3 Å². The van der Waals surface area contributed by atoms with Gasteiger partial charge in [0.15, 0.2) is 0 Å². The number of hydrogen-bond acceptors (Lipinski definition) is 3. The number of anilines is 1. The summed E-state index contributed by atoms with van der Waals surface area (Å²) in [5, 5.41) is 12.1. The Labute approximate surface area is 103 Å². The van der Waals surface area contributed by atoms with Crippen LogP contribution in [0, 0.1) is 12.7 Å². The van der Waals surface area contributed by atoms with Crippen LogP contribution in [0.4, 0.5) is 10.1 Å². The van der Waals surface area contributed by atoms with Crippen molar-refractivity contribution < 1.29 is 14.3 Å². The topological polar surface area (TPSA) is 62.2 Å². The lowest BCUT2D eigenvalue weighted by atomic mass is 10.1. The van der Waals surface area contributed by atoms with Gasteiger partial charge in [-0.2, -0.15) is 0 Å². The van der Waals surface area contributed by atoms with E-state index in [0.717, 1.165) is 18.2 Å². The third-order valence-electron chi connectivity index (χ3n) is 2.46. The summed E-state index contributed by atoms with van der Waals surface area (Å²) in [5.74, 6) is -1.43. The number of hydrogen-bond donors (Lipinski definition) is 2. The largest absolute Gasteiger partial charge is 0.507 e. The highest BCUT2D eigenvalue weighted by molar-refractivity contribution is 6.06. The van der Waals surface area contributed by atoms with Crippen LogP contribution in [0.5, 0.6) is 5.75 Å². The van der Waals surface area contributed by atoms with E-state index in [0.29, 0.717) is 11.4 Å². The predicted molar refractivity (Wildman–Crippen MR) is 65.0 cm³/mol. The molecule has 18 heavy (non-hydrogen) atoms. The molecule has 1 heterocycles. The minimum Gasteiger partial charge on any atom is -0.507 e. The van der Waals surface area contributed by atoms with Gasteiger partial charge in [-0.3, -0.25) is 9.78 Å². The normalized spacial score (nSPS) is 10.1. The van der Waals surface area contributed by atoms with Gasteiger partial charge in [0.1, 0.15) is 11.6 Å². The second-order valence-corrected chi connectivity index (χ2v) is 3.75. The van der Waals surface area contributed by atoms with Crippen molar-refractivity contribution in [2.45, 2.75) is 6.92 Å². The number of aromatic nitrogens is 1. The van der Waals surface area contributed by atoms with Crippen LogP contribution < -0.4 is 5.32 Å². The van der Waals surface area contributed by atoms with Crippen molar-refractivity contribution >= 4 is 11.6 Å². The number of nitrogens with zero attached hydrogens (tertiary/aromatic N) is 1. The summed E-state index contributed by atoms with van der Waals surface area (Å²) in [7, 11) is 0. The van der Waals surface area contributed by atoms with Gasteiger partial charge in [-0.1, -0.05) is 0 Å². The summed E-state index contributed by atoms with van der Waals surface area (Å²) in [6.07, 6.45) is 1.60. The number of rotatable bonds is 2. The van der Waals surface area contributed by atoms with Gasteiger partial charge in [0, 0.05) is 6.20 Å². The number of phenols is 1. The fraction of sp³-hybridized carbons (Fsp3) is 0.0769. The smallest absolute Gasteiger partial charge is 0.259 e. The van der Waals surface area contributed by atoms with Crippen LogP contribution in [0.25, 0.3) is 0 Å². The highest BCUT2D eigenvalue weighted by atomic mass is 19.1. The molecular weight excluding hydrogens is 235 g/mol. The van der Waals surface area contributed by atoms with E-state index in [-0.39, 0.29) is 11.3 Å². The Hall–Kier alpha value is -2.43. The SMILES string of the molecule is Cc1ncccc1NC(=O)c1cc(F)ccc1O. The maximum absolute atomic E-state index is 13.0. The summed E-state index contributed by atoms with van der Waals surface area (Å²) in [4.78, 5) is 15.9.